The van der Waals surface area contributed by atoms with Crippen molar-refractivity contribution in [2.75, 3.05) is 13.2 Å². The molecule has 2 rings (SSSR count). The molecule has 0 amide bonds. The van der Waals surface area contributed by atoms with Crippen molar-refractivity contribution in [3.05, 3.63) is 0 Å². The fourth-order valence-electron chi connectivity index (χ4n) is 3.49. The second kappa shape index (κ2) is 6.44. The van der Waals surface area contributed by atoms with Crippen molar-refractivity contribution in [3.8, 4) is 0 Å². The highest BCUT2D eigenvalue weighted by atomic mass is 16.5. The average Bonchev–Trinajstić information content (AvgIpc) is 3.07. The number of nitrogens with one attached hydrogen (secondary N) is 1. The lowest BCUT2D eigenvalue weighted by atomic mass is 9.92. The Kier molecular flexibility index (Phi) is 5.08. The first-order chi connectivity index (χ1) is 9.46. The van der Waals surface area contributed by atoms with Crippen molar-refractivity contribution in [2.24, 2.45) is 0 Å². The highest BCUT2D eigenvalue weighted by molar-refractivity contribution is 5.80. The molecule has 3 atom stereocenters. The van der Waals surface area contributed by atoms with Gasteiger partial charge in [-0.05, 0) is 66.3 Å². The van der Waals surface area contributed by atoms with E-state index >= 15 is 0 Å². The van der Waals surface area contributed by atoms with Gasteiger partial charge in [0.15, 0.2) is 0 Å². The van der Waals surface area contributed by atoms with Crippen LogP contribution in [-0.4, -0.2) is 47.7 Å². The first kappa shape index (κ1) is 15.8. The Morgan fingerprint density at radius 1 is 1.45 bits per heavy atom. The van der Waals surface area contributed by atoms with E-state index in [-0.39, 0.29) is 5.97 Å². The maximum Gasteiger partial charge on any atom is 0.326 e. The average molecular weight is 282 g/mol. The number of hydrogen-bond acceptors (Lipinski definition) is 4. The van der Waals surface area contributed by atoms with Gasteiger partial charge in [-0.3, -0.25) is 15.0 Å². The van der Waals surface area contributed by atoms with Crippen molar-refractivity contribution in [3.63, 3.8) is 0 Å². The lowest BCUT2D eigenvalue weighted by molar-refractivity contribution is -0.151. The number of carbonyl (C=O) groups excluding carboxylic acids is 1. The smallest absolute Gasteiger partial charge is 0.326 e. The Morgan fingerprint density at radius 2 is 2.15 bits per heavy atom. The molecule has 20 heavy (non-hydrogen) atoms. The molecule has 0 aromatic heterocycles. The van der Waals surface area contributed by atoms with Crippen LogP contribution >= 0.6 is 0 Å². The minimum absolute atomic E-state index is 0.0920. The lowest BCUT2D eigenvalue weighted by Gasteiger charge is -2.36. The molecular formula is C16H30N2O2. The molecule has 2 fully saturated rings. The number of likely N-dealkylation sites (tertiary alicyclic amines) is 1. The topological polar surface area (TPSA) is 41.6 Å². The quantitative estimate of drug-likeness (QED) is 0.728. The third kappa shape index (κ3) is 3.73. The first-order valence-electron chi connectivity index (χ1n) is 8.17. The summed E-state index contributed by atoms with van der Waals surface area (Å²) < 4.78 is 5.31. The fourth-order valence-corrected chi connectivity index (χ4v) is 3.49. The molecule has 0 aromatic rings. The van der Waals surface area contributed by atoms with Crippen LogP contribution in [0.1, 0.15) is 59.8 Å². The summed E-state index contributed by atoms with van der Waals surface area (Å²) in [4.78, 5) is 14.9. The Labute approximate surface area is 123 Å². The van der Waals surface area contributed by atoms with Gasteiger partial charge in [-0.2, -0.15) is 0 Å². The number of rotatable bonds is 7. The van der Waals surface area contributed by atoms with Crippen LogP contribution < -0.4 is 5.32 Å². The highest BCUT2D eigenvalue weighted by Crippen LogP contribution is 2.29. The largest absolute Gasteiger partial charge is 0.465 e. The molecule has 1 aliphatic carbocycles. The minimum Gasteiger partial charge on any atom is -0.465 e. The van der Waals surface area contributed by atoms with Crippen LogP contribution in [0.5, 0.6) is 0 Å². The van der Waals surface area contributed by atoms with E-state index in [1.165, 1.54) is 25.7 Å². The van der Waals surface area contributed by atoms with Crippen LogP contribution in [0.2, 0.25) is 0 Å². The highest BCUT2D eigenvalue weighted by Gasteiger charge is 2.42. The molecule has 116 valence electrons. The van der Waals surface area contributed by atoms with Crippen LogP contribution in [0, 0.1) is 0 Å². The summed E-state index contributed by atoms with van der Waals surface area (Å²) in [6.45, 7) is 10.0. The summed E-state index contributed by atoms with van der Waals surface area (Å²) in [6.07, 6.45) is 5.74. The minimum atomic E-state index is -0.543. The van der Waals surface area contributed by atoms with E-state index in [1.54, 1.807) is 0 Å². The molecule has 0 aromatic carbocycles. The van der Waals surface area contributed by atoms with E-state index in [1.807, 2.05) is 13.8 Å². The van der Waals surface area contributed by atoms with Gasteiger partial charge < -0.3 is 4.74 Å². The molecular weight excluding hydrogens is 252 g/mol. The fraction of sp³-hybridized carbons (Fsp3) is 0.938. The molecule has 4 nitrogen and oxygen atoms in total. The molecule has 2 aliphatic rings. The third-order valence-corrected chi connectivity index (χ3v) is 4.70. The van der Waals surface area contributed by atoms with Crippen LogP contribution in [0.25, 0.3) is 0 Å². The van der Waals surface area contributed by atoms with Crippen LogP contribution in [0.3, 0.4) is 0 Å². The Morgan fingerprint density at radius 3 is 2.65 bits per heavy atom. The summed E-state index contributed by atoms with van der Waals surface area (Å²) in [5.74, 6) is -0.0920. The normalized spacial score (nSPS) is 28.1. The van der Waals surface area contributed by atoms with E-state index in [4.69, 9.17) is 4.74 Å². The van der Waals surface area contributed by atoms with Crippen LogP contribution in [0.4, 0.5) is 0 Å². The first-order valence-corrected chi connectivity index (χ1v) is 8.17. The van der Waals surface area contributed by atoms with Gasteiger partial charge in [0.05, 0.1) is 6.61 Å². The molecule has 4 heteroatoms. The number of nitrogens with zero attached hydrogens (tertiary/aromatic N) is 1. The van der Waals surface area contributed by atoms with E-state index < -0.39 is 5.54 Å². The maximum atomic E-state index is 12.4. The van der Waals surface area contributed by atoms with Crippen molar-refractivity contribution in [2.45, 2.75) is 83.5 Å². The second-order valence-corrected chi connectivity index (χ2v) is 6.75. The zero-order chi connectivity index (χ0) is 14.8. The van der Waals surface area contributed by atoms with Crippen molar-refractivity contribution in [1.29, 1.82) is 0 Å². The Hall–Kier alpha value is -0.610. The van der Waals surface area contributed by atoms with Crippen molar-refractivity contribution in [1.82, 2.24) is 10.2 Å². The molecule has 3 unspecified atom stereocenters. The van der Waals surface area contributed by atoms with Gasteiger partial charge in [-0.25, -0.2) is 0 Å². The number of carbonyl (C=O) groups is 1. The van der Waals surface area contributed by atoms with E-state index in [2.05, 4.69) is 24.1 Å². The maximum absolute atomic E-state index is 12.4. The van der Waals surface area contributed by atoms with Crippen molar-refractivity contribution >= 4 is 5.97 Å². The van der Waals surface area contributed by atoms with Crippen LogP contribution in [0.15, 0.2) is 0 Å². The molecule has 1 heterocycles. The van der Waals surface area contributed by atoms with Crippen molar-refractivity contribution < 1.29 is 9.53 Å². The molecule has 0 spiro atoms. The third-order valence-electron chi connectivity index (χ3n) is 4.70. The second-order valence-electron chi connectivity index (χ2n) is 6.75. The van der Waals surface area contributed by atoms with Gasteiger partial charge in [0.1, 0.15) is 5.54 Å². The molecule has 1 saturated heterocycles. The summed E-state index contributed by atoms with van der Waals surface area (Å²) in [7, 11) is 0. The Balaban J connectivity index is 2.00. The molecule has 1 saturated carbocycles. The summed E-state index contributed by atoms with van der Waals surface area (Å²) in [6, 6.07) is 1.55. The van der Waals surface area contributed by atoms with E-state index in [0.717, 1.165) is 13.0 Å². The van der Waals surface area contributed by atoms with Gasteiger partial charge in [0.25, 0.3) is 0 Å². The molecule has 1 N–H and O–H groups in total. The lowest BCUT2D eigenvalue weighted by Crippen LogP contribution is -2.55. The number of esters is 1. The van der Waals surface area contributed by atoms with E-state index in [9.17, 15) is 4.79 Å². The summed E-state index contributed by atoms with van der Waals surface area (Å²) in [5.41, 5.74) is -0.543. The van der Waals surface area contributed by atoms with Gasteiger partial charge >= 0.3 is 5.97 Å². The molecule has 0 radical (unpaired) electrons. The predicted molar refractivity (Wildman–Crippen MR) is 80.7 cm³/mol. The number of ether oxygens (including phenoxy) is 1. The predicted octanol–water partition coefficient (Wildman–Crippen LogP) is 2.32. The van der Waals surface area contributed by atoms with Gasteiger partial charge in [-0.15, -0.1) is 0 Å². The van der Waals surface area contributed by atoms with Gasteiger partial charge in [0, 0.05) is 18.1 Å². The number of hydrogen-bond donors (Lipinski definition) is 1. The summed E-state index contributed by atoms with van der Waals surface area (Å²) in [5, 5.41) is 3.52. The molecule has 1 aliphatic heterocycles. The Bertz CT molecular complexity index is 343. The zero-order valence-electron chi connectivity index (χ0n) is 13.4. The monoisotopic (exact) mass is 282 g/mol. The molecule has 0 bridgehead atoms. The van der Waals surface area contributed by atoms with Crippen LogP contribution in [-0.2, 0) is 9.53 Å². The van der Waals surface area contributed by atoms with E-state index in [0.29, 0.717) is 24.7 Å². The SMILES string of the molecule is CCOC(=O)C(C)(CC(C)N1CCCC1C)NC1CC1. The standard InChI is InChI=1S/C16H30N2O2/c1-5-20-15(19)16(4,17-14-8-9-14)11-13(3)18-10-6-7-12(18)2/h12-14,17H,5-11H2,1-4H3. The summed E-state index contributed by atoms with van der Waals surface area (Å²) >= 11 is 0. The zero-order valence-corrected chi connectivity index (χ0v) is 13.4. The van der Waals surface area contributed by atoms with Gasteiger partial charge in [-0.1, -0.05) is 0 Å². The van der Waals surface area contributed by atoms with Gasteiger partial charge in [0.2, 0.25) is 0 Å².